The van der Waals surface area contributed by atoms with Crippen LogP contribution in [-0.4, -0.2) is 23.4 Å². The summed E-state index contributed by atoms with van der Waals surface area (Å²) in [5.41, 5.74) is 14.0. The van der Waals surface area contributed by atoms with Gasteiger partial charge in [0.25, 0.3) is 0 Å². The molecule has 3 fully saturated rings. The summed E-state index contributed by atoms with van der Waals surface area (Å²) in [6, 6.07) is 0. The summed E-state index contributed by atoms with van der Waals surface area (Å²) in [5.74, 6) is 1.85. The van der Waals surface area contributed by atoms with E-state index in [0.29, 0.717) is 23.9 Å². The van der Waals surface area contributed by atoms with Crippen molar-refractivity contribution in [2.24, 2.45) is 39.4 Å². The van der Waals surface area contributed by atoms with Gasteiger partial charge in [-0.3, -0.25) is 5.43 Å². The zero-order valence-electron chi connectivity index (χ0n) is 17.9. The topological polar surface area (TPSA) is 76.7 Å². The first-order chi connectivity index (χ1) is 14.3. The van der Waals surface area contributed by atoms with Gasteiger partial charge in [-0.05, 0) is 85.9 Å². The van der Waals surface area contributed by atoms with Crippen LogP contribution in [0.15, 0.2) is 40.0 Å². The molecular weight excluding hydrogens is 394 g/mol. The Morgan fingerprint density at radius 1 is 1.27 bits per heavy atom. The van der Waals surface area contributed by atoms with Crippen LogP contribution in [0.5, 0.6) is 0 Å². The van der Waals surface area contributed by atoms with Crippen molar-refractivity contribution in [2.75, 3.05) is 6.61 Å². The molecular formula is C24H31N3O2S. The van der Waals surface area contributed by atoms with E-state index < -0.39 is 0 Å². The van der Waals surface area contributed by atoms with E-state index in [0.717, 1.165) is 30.8 Å². The Balaban J connectivity index is 1.36. The second kappa shape index (κ2) is 7.04. The molecule has 1 heterocycles. The summed E-state index contributed by atoms with van der Waals surface area (Å²) in [6.45, 7) is 5.35. The van der Waals surface area contributed by atoms with Gasteiger partial charge in [0.05, 0.1) is 0 Å². The molecule has 4 aliphatic carbocycles. The van der Waals surface area contributed by atoms with Gasteiger partial charge < -0.3 is 10.5 Å². The van der Waals surface area contributed by atoms with Crippen LogP contribution in [0, 0.1) is 28.6 Å². The molecule has 3 N–H and O–H groups in total. The molecule has 6 heteroatoms. The first kappa shape index (κ1) is 20.0. The van der Waals surface area contributed by atoms with Crippen molar-refractivity contribution in [1.82, 2.24) is 5.43 Å². The number of ether oxygens (including phenoxy) is 1. The number of hydrazone groups is 1. The molecule has 5 atom stereocenters. The predicted octanol–water partition coefficient (Wildman–Crippen LogP) is 4.16. The van der Waals surface area contributed by atoms with Crippen LogP contribution in [-0.2, 0) is 9.53 Å². The van der Waals surface area contributed by atoms with Crippen LogP contribution in [0.4, 0.5) is 0 Å². The maximum atomic E-state index is 11.6. The van der Waals surface area contributed by atoms with Crippen LogP contribution >= 0.6 is 12.2 Å². The maximum absolute atomic E-state index is 11.6. The molecule has 3 saturated carbocycles. The smallest absolute Gasteiger partial charge is 0.331 e. The SMILES string of the molecule is C[C@]12CC[C@H]3[C@@H](CC[C@H]4CC(=NNC(N)=S)CC[C@@]43C)C1=CC=C2C1=CC(=O)OC1. The number of nitrogens with two attached hydrogens (primary N) is 1. The minimum atomic E-state index is -0.200. The van der Waals surface area contributed by atoms with Crippen molar-refractivity contribution in [1.29, 1.82) is 0 Å². The summed E-state index contributed by atoms with van der Waals surface area (Å²) in [5, 5.41) is 4.71. The highest BCUT2D eigenvalue weighted by molar-refractivity contribution is 7.80. The van der Waals surface area contributed by atoms with Gasteiger partial charge in [0.1, 0.15) is 6.61 Å². The first-order valence-electron chi connectivity index (χ1n) is 11.2. The third-order valence-electron chi connectivity index (χ3n) is 8.87. The van der Waals surface area contributed by atoms with Gasteiger partial charge in [-0.15, -0.1) is 0 Å². The number of allylic oxidation sites excluding steroid dienone is 3. The Morgan fingerprint density at radius 3 is 2.83 bits per heavy atom. The van der Waals surface area contributed by atoms with Crippen LogP contribution in [0.25, 0.3) is 0 Å². The average Bonchev–Trinajstić information content (AvgIpc) is 3.28. The number of nitrogens with zero attached hydrogens (tertiary/aromatic N) is 1. The molecule has 5 rings (SSSR count). The van der Waals surface area contributed by atoms with E-state index in [1.54, 1.807) is 11.6 Å². The molecule has 160 valence electrons. The second-order valence-corrected chi connectivity index (χ2v) is 10.6. The van der Waals surface area contributed by atoms with Gasteiger partial charge in [-0.1, -0.05) is 31.6 Å². The van der Waals surface area contributed by atoms with Gasteiger partial charge in [0.2, 0.25) is 0 Å². The molecule has 5 aliphatic rings. The van der Waals surface area contributed by atoms with Gasteiger partial charge in [0, 0.05) is 22.8 Å². The molecule has 0 aromatic heterocycles. The molecule has 0 aromatic carbocycles. The quantitative estimate of drug-likeness (QED) is 0.395. The number of carbonyl (C=O) groups is 1. The number of esters is 1. The molecule has 0 amide bonds. The lowest BCUT2D eigenvalue weighted by molar-refractivity contribution is -0.134. The van der Waals surface area contributed by atoms with Crippen molar-refractivity contribution in [3.63, 3.8) is 0 Å². The van der Waals surface area contributed by atoms with E-state index in [1.165, 1.54) is 37.0 Å². The summed E-state index contributed by atoms with van der Waals surface area (Å²) in [7, 11) is 0. The summed E-state index contributed by atoms with van der Waals surface area (Å²) in [4.78, 5) is 11.6. The monoisotopic (exact) mass is 425 g/mol. The number of thiocarbonyl (C=S) groups is 1. The molecule has 30 heavy (non-hydrogen) atoms. The summed E-state index contributed by atoms with van der Waals surface area (Å²) in [6.07, 6.45) is 14.5. The number of rotatable bonds is 2. The normalized spacial score (nSPS) is 41.1. The van der Waals surface area contributed by atoms with E-state index in [1.807, 2.05) is 0 Å². The zero-order valence-corrected chi connectivity index (χ0v) is 18.7. The van der Waals surface area contributed by atoms with E-state index in [4.69, 9.17) is 22.7 Å². The Labute approximate surface area is 183 Å². The molecule has 0 spiro atoms. The largest absolute Gasteiger partial charge is 0.458 e. The van der Waals surface area contributed by atoms with Crippen molar-refractivity contribution in [2.45, 2.75) is 58.8 Å². The third-order valence-corrected chi connectivity index (χ3v) is 8.97. The fourth-order valence-corrected chi connectivity index (χ4v) is 7.33. The molecule has 5 nitrogen and oxygen atoms in total. The van der Waals surface area contributed by atoms with Gasteiger partial charge >= 0.3 is 5.97 Å². The third kappa shape index (κ3) is 2.98. The van der Waals surface area contributed by atoms with Gasteiger partial charge in [0.15, 0.2) is 5.11 Å². The van der Waals surface area contributed by atoms with E-state index >= 15 is 0 Å². The zero-order chi connectivity index (χ0) is 21.1. The Kier molecular flexibility index (Phi) is 4.69. The first-order valence-corrected chi connectivity index (χ1v) is 11.6. The lowest BCUT2D eigenvalue weighted by Crippen LogP contribution is -2.51. The van der Waals surface area contributed by atoms with Gasteiger partial charge in [-0.2, -0.15) is 5.10 Å². The lowest BCUT2D eigenvalue weighted by Gasteiger charge is -2.58. The number of hydrogen-bond acceptors (Lipinski definition) is 4. The summed E-state index contributed by atoms with van der Waals surface area (Å²) >= 11 is 4.90. The Bertz CT molecular complexity index is 933. The molecule has 0 radical (unpaired) electrons. The average molecular weight is 426 g/mol. The van der Waals surface area contributed by atoms with Crippen molar-refractivity contribution >= 4 is 29.0 Å². The number of hydrogen-bond donors (Lipinski definition) is 2. The van der Waals surface area contributed by atoms with Crippen molar-refractivity contribution in [3.05, 3.63) is 34.9 Å². The lowest BCUT2D eigenvalue weighted by atomic mass is 9.46. The molecule has 0 saturated heterocycles. The predicted molar refractivity (Wildman–Crippen MR) is 122 cm³/mol. The minimum Gasteiger partial charge on any atom is -0.458 e. The highest BCUT2D eigenvalue weighted by atomic mass is 32.1. The fraction of sp³-hybridized carbons (Fsp3) is 0.625. The molecule has 0 bridgehead atoms. The highest BCUT2D eigenvalue weighted by Crippen LogP contribution is 2.65. The van der Waals surface area contributed by atoms with E-state index in [2.05, 4.69) is 36.5 Å². The Morgan fingerprint density at radius 2 is 2.10 bits per heavy atom. The Hall–Kier alpha value is -1.95. The minimum absolute atomic E-state index is 0.0617. The molecule has 0 unspecified atom stereocenters. The number of carbonyl (C=O) groups excluding carboxylic acids is 1. The molecule has 1 aliphatic heterocycles. The fourth-order valence-electron chi connectivity index (χ4n) is 7.28. The second-order valence-electron chi connectivity index (χ2n) is 10.2. The van der Waals surface area contributed by atoms with Gasteiger partial charge in [-0.25, -0.2) is 4.79 Å². The van der Waals surface area contributed by atoms with Crippen LogP contribution in [0.1, 0.15) is 58.8 Å². The number of nitrogens with one attached hydrogen (secondary N) is 1. The van der Waals surface area contributed by atoms with E-state index in [-0.39, 0.29) is 16.5 Å². The number of fused-ring (bicyclic) bond motifs is 5. The van der Waals surface area contributed by atoms with E-state index in [9.17, 15) is 4.79 Å². The standard InChI is InChI=1S/C24H31N3O2S/c1-23-9-7-16(26-27-22(25)30)12-15(23)3-4-17-19-6-5-18(14-11-21(28)29-13-14)24(19,2)10-8-20(17)23/h5-6,11,15,17,20H,3-4,7-10,12-13H2,1-2H3,(H3,25,27,30)/t15-,17-,20-,23-,24+/m0/s1. The number of cyclic esters (lactones) is 1. The van der Waals surface area contributed by atoms with Crippen molar-refractivity contribution < 1.29 is 9.53 Å². The van der Waals surface area contributed by atoms with Crippen molar-refractivity contribution in [3.8, 4) is 0 Å². The highest BCUT2D eigenvalue weighted by Gasteiger charge is 2.56. The molecule has 0 aromatic rings. The van der Waals surface area contributed by atoms with Crippen LogP contribution < -0.4 is 11.2 Å². The summed E-state index contributed by atoms with van der Waals surface area (Å²) < 4.78 is 5.21. The van der Waals surface area contributed by atoms with Crippen LogP contribution in [0.2, 0.25) is 0 Å². The van der Waals surface area contributed by atoms with Crippen LogP contribution in [0.3, 0.4) is 0 Å². The maximum Gasteiger partial charge on any atom is 0.331 e.